The Labute approximate surface area is 326 Å². The molecule has 0 aromatic heterocycles. The van der Waals surface area contributed by atoms with Crippen molar-refractivity contribution in [2.75, 3.05) is 35.5 Å². The largest absolute Gasteiger partial charge is 0.864 e. The normalized spacial score (nSPS) is 10.3. The Balaban J connectivity index is 1.13. The summed E-state index contributed by atoms with van der Waals surface area (Å²) in [7, 11) is 5.61. The summed E-state index contributed by atoms with van der Waals surface area (Å²) in [5.41, 5.74) is 0.766. The summed E-state index contributed by atoms with van der Waals surface area (Å²) in [5.74, 6) is 6.66. The highest BCUT2D eigenvalue weighted by molar-refractivity contribution is 6.40. The van der Waals surface area contributed by atoms with E-state index in [4.69, 9.17) is 56.3 Å². The van der Waals surface area contributed by atoms with Crippen LogP contribution in [0.5, 0.6) is 69.0 Å². The minimum atomic E-state index is -1.20. The zero-order chi connectivity index (χ0) is 39.1. The lowest BCUT2D eigenvalue weighted by molar-refractivity contribution is 0.296. The van der Waals surface area contributed by atoms with Crippen LogP contribution in [0.2, 0.25) is 0 Å². The standard InChI is InChI=1S/C42H40B2O12/c1-45-31-12-18-34(19-13-31)51-43(52-35-20-14-32(46-2)15-21-35)53-36-22-16-33(17-23-36)50-29-30-24-41(49-5)28-42(25-30)56-44(54-39-10-6-8-37(26-39)47-3)55-40-11-7-9-38(27-40)48-4/h6-28H,29H2,1-5H3. The van der Waals surface area contributed by atoms with E-state index in [9.17, 15) is 0 Å². The number of ether oxygens (including phenoxy) is 6. The van der Waals surface area contributed by atoms with Crippen molar-refractivity contribution in [1.29, 1.82) is 0 Å². The van der Waals surface area contributed by atoms with E-state index in [1.165, 1.54) is 0 Å². The zero-order valence-electron chi connectivity index (χ0n) is 31.5. The second-order valence-electron chi connectivity index (χ2n) is 11.8. The molecule has 12 nitrogen and oxygen atoms in total. The van der Waals surface area contributed by atoms with E-state index in [0.717, 1.165) is 5.56 Å². The van der Waals surface area contributed by atoms with Gasteiger partial charge < -0.3 is 56.3 Å². The lowest BCUT2D eigenvalue weighted by Crippen LogP contribution is -2.37. The average Bonchev–Trinajstić information content (AvgIpc) is 3.24. The molecule has 0 fully saturated rings. The monoisotopic (exact) mass is 758 g/mol. The van der Waals surface area contributed by atoms with Crippen molar-refractivity contribution in [2.24, 2.45) is 0 Å². The van der Waals surface area contributed by atoms with Gasteiger partial charge in [0.25, 0.3) is 0 Å². The second kappa shape index (κ2) is 19.4. The van der Waals surface area contributed by atoms with Gasteiger partial charge >= 0.3 is 14.6 Å². The van der Waals surface area contributed by atoms with Gasteiger partial charge in [-0.05, 0) is 115 Å². The van der Waals surface area contributed by atoms with Crippen LogP contribution in [0.1, 0.15) is 5.56 Å². The van der Waals surface area contributed by atoms with E-state index in [-0.39, 0.29) is 6.61 Å². The predicted octanol–water partition coefficient (Wildman–Crippen LogP) is 8.35. The lowest BCUT2D eigenvalue weighted by atomic mass is 10.1. The molecule has 6 rings (SSSR count). The van der Waals surface area contributed by atoms with Crippen LogP contribution in [0.4, 0.5) is 0 Å². The highest BCUT2D eigenvalue weighted by atomic mass is 16.7. The Bertz CT molecular complexity index is 2020. The molecule has 0 amide bonds. The Morgan fingerprint density at radius 2 is 0.625 bits per heavy atom. The first-order chi connectivity index (χ1) is 27.4. The van der Waals surface area contributed by atoms with Crippen LogP contribution in [0, 0.1) is 0 Å². The molecule has 286 valence electrons. The maximum Gasteiger partial charge on any atom is 0.864 e. The fourth-order valence-corrected chi connectivity index (χ4v) is 5.15. The molecular weight excluding hydrogens is 718 g/mol. The number of benzene rings is 6. The van der Waals surface area contributed by atoms with Crippen molar-refractivity contribution in [3.8, 4) is 69.0 Å². The average molecular weight is 758 g/mol. The van der Waals surface area contributed by atoms with Crippen molar-refractivity contribution in [2.45, 2.75) is 6.61 Å². The molecule has 0 aliphatic rings. The maximum atomic E-state index is 6.25. The molecule has 0 aliphatic carbocycles. The molecule has 0 atom stereocenters. The first-order valence-corrected chi connectivity index (χ1v) is 17.4. The number of methoxy groups -OCH3 is 5. The molecule has 0 heterocycles. The summed E-state index contributed by atoms with van der Waals surface area (Å²) in [6.45, 7) is 0.190. The Morgan fingerprint density at radius 1 is 0.304 bits per heavy atom. The van der Waals surface area contributed by atoms with Crippen LogP contribution >= 0.6 is 0 Å². The van der Waals surface area contributed by atoms with Gasteiger partial charge in [0.2, 0.25) is 0 Å². The van der Waals surface area contributed by atoms with E-state index >= 15 is 0 Å². The summed E-state index contributed by atoms with van der Waals surface area (Å²) in [6.07, 6.45) is 0. The highest BCUT2D eigenvalue weighted by Gasteiger charge is 2.32. The molecule has 0 N–H and O–H groups in total. The summed E-state index contributed by atoms with van der Waals surface area (Å²) in [4.78, 5) is 0. The maximum absolute atomic E-state index is 6.25. The fraction of sp³-hybridized carbons (Fsp3) is 0.143. The van der Waals surface area contributed by atoms with Crippen LogP contribution in [0.25, 0.3) is 0 Å². The molecule has 6 aromatic carbocycles. The molecule has 0 bridgehead atoms. The van der Waals surface area contributed by atoms with Crippen molar-refractivity contribution < 1.29 is 56.3 Å². The SMILES string of the molecule is COc1ccc(OB(Oc2ccc(OC)cc2)Oc2ccc(OCc3cc(OC)cc(OB(Oc4cccc(OC)c4)Oc4cccc(OC)c4)c3)cc2)cc1. The van der Waals surface area contributed by atoms with E-state index in [2.05, 4.69) is 0 Å². The summed E-state index contributed by atoms with van der Waals surface area (Å²) < 4.78 is 69.7. The molecule has 0 saturated carbocycles. The Kier molecular flexibility index (Phi) is 13.4. The van der Waals surface area contributed by atoms with Crippen molar-refractivity contribution in [3.63, 3.8) is 0 Å². The zero-order valence-corrected chi connectivity index (χ0v) is 31.5. The molecule has 0 aliphatic heterocycles. The molecule has 0 unspecified atom stereocenters. The molecule has 0 radical (unpaired) electrons. The molecule has 0 spiro atoms. The van der Waals surface area contributed by atoms with Gasteiger partial charge in [0.15, 0.2) is 0 Å². The van der Waals surface area contributed by atoms with Gasteiger partial charge in [-0.15, -0.1) is 0 Å². The van der Waals surface area contributed by atoms with Crippen LogP contribution in [0.3, 0.4) is 0 Å². The van der Waals surface area contributed by atoms with Crippen LogP contribution in [0.15, 0.2) is 140 Å². The fourth-order valence-electron chi connectivity index (χ4n) is 5.15. The Morgan fingerprint density at radius 3 is 1.05 bits per heavy atom. The smallest absolute Gasteiger partial charge is 0.497 e. The van der Waals surface area contributed by atoms with Crippen molar-refractivity contribution in [3.05, 3.63) is 145 Å². The van der Waals surface area contributed by atoms with E-state index in [0.29, 0.717) is 69.0 Å². The first kappa shape index (κ1) is 38.8. The third-order valence-electron chi connectivity index (χ3n) is 8.00. The van der Waals surface area contributed by atoms with Gasteiger partial charge in [-0.3, -0.25) is 0 Å². The van der Waals surface area contributed by atoms with E-state index in [1.807, 2.05) is 24.3 Å². The number of hydrogen-bond acceptors (Lipinski definition) is 12. The Hall–Kier alpha value is -6.95. The van der Waals surface area contributed by atoms with Crippen molar-refractivity contribution >= 4 is 14.6 Å². The molecule has 14 heteroatoms. The van der Waals surface area contributed by atoms with Gasteiger partial charge in [0.1, 0.15) is 75.6 Å². The quantitative estimate of drug-likeness (QED) is 0.0698. The van der Waals surface area contributed by atoms with Gasteiger partial charge in [0.05, 0.1) is 35.5 Å². The highest BCUT2D eigenvalue weighted by Crippen LogP contribution is 2.29. The third-order valence-corrected chi connectivity index (χ3v) is 8.00. The van der Waals surface area contributed by atoms with Crippen LogP contribution in [-0.2, 0) is 6.61 Å². The molecule has 0 saturated heterocycles. The van der Waals surface area contributed by atoms with Gasteiger partial charge in [-0.25, -0.2) is 0 Å². The van der Waals surface area contributed by atoms with Crippen LogP contribution < -0.4 is 56.3 Å². The topological polar surface area (TPSA) is 111 Å². The number of hydrogen-bond donors (Lipinski definition) is 0. The summed E-state index contributed by atoms with van der Waals surface area (Å²) in [5, 5.41) is 0. The number of rotatable bonds is 20. The minimum Gasteiger partial charge on any atom is -0.497 e. The predicted molar refractivity (Wildman–Crippen MR) is 211 cm³/mol. The minimum absolute atomic E-state index is 0.190. The van der Waals surface area contributed by atoms with E-state index in [1.54, 1.807) is 151 Å². The summed E-state index contributed by atoms with van der Waals surface area (Å²) in [6, 6.07) is 40.9. The molecular formula is C42H40B2O12. The first-order valence-electron chi connectivity index (χ1n) is 17.4. The van der Waals surface area contributed by atoms with Gasteiger partial charge in [0, 0.05) is 18.2 Å². The van der Waals surface area contributed by atoms with Crippen molar-refractivity contribution in [1.82, 2.24) is 0 Å². The lowest BCUT2D eigenvalue weighted by Gasteiger charge is -2.18. The molecule has 6 aromatic rings. The van der Waals surface area contributed by atoms with E-state index < -0.39 is 14.6 Å². The van der Waals surface area contributed by atoms with Gasteiger partial charge in [-0.2, -0.15) is 0 Å². The third kappa shape index (κ3) is 11.3. The van der Waals surface area contributed by atoms with Crippen LogP contribution in [-0.4, -0.2) is 50.2 Å². The summed E-state index contributed by atoms with van der Waals surface area (Å²) >= 11 is 0. The second-order valence-corrected chi connectivity index (χ2v) is 11.8. The molecule has 56 heavy (non-hydrogen) atoms. The van der Waals surface area contributed by atoms with Gasteiger partial charge in [-0.1, -0.05) is 12.1 Å².